The Morgan fingerprint density at radius 1 is 1.64 bits per heavy atom. The average molecular weight is 150 g/mol. The van der Waals surface area contributed by atoms with Crippen molar-refractivity contribution >= 4 is 5.78 Å². The van der Waals surface area contributed by atoms with Gasteiger partial charge >= 0.3 is 0 Å². The van der Waals surface area contributed by atoms with Crippen molar-refractivity contribution < 1.29 is 9.78 Å². The van der Waals surface area contributed by atoms with Crippen molar-refractivity contribution in [2.45, 2.75) is 19.8 Å². The quantitative estimate of drug-likeness (QED) is 0.600. The van der Waals surface area contributed by atoms with Crippen LogP contribution < -0.4 is 4.98 Å². The number of hydrogen-bond donors (Lipinski definition) is 0. The van der Waals surface area contributed by atoms with Gasteiger partial charge < -0.3 is 0 Å². The Balaban J connectivity index is 2.69. The van der Waals surface area contributed by atoms with Crippen LogP contribution in [0.5, 0.6) is 0 Å². The van der Waals surface area contributed by atoms with E-state index in [1.54, 1.807) is 12.4 Å². The molecule has 0 bridgehead atoms. The second kappa shape index (κ2) is 3.86. The van der Waals surface area contributed by atoms with E-state index in [1.165, 1.54) is 0 Å². The van der Waals surface area contributed by atoms with Crippen molar-refractivity contribution in [3.63, 3.8) is 0 Å². The van der Waals surface area contributed by atoms with Crippen LogP contribution in [0.1, 0.15) is 30.1 Å². The summed E-state index contributed by atoms with van der Waals surface area (Å²) in [6.07, 6.45) is 5.08. The standard InChI is InChI=1S/C9H11NO/c1-2-4-9(11)8-5-3-6-10-7-8/h3,5-7H,2,4H2,1H3/p+1. The minimum atomic E-state index is 0.212. The van der Waals surface area contributed by atoms with Crippen molar-refractivity contribution in [2.24, 2.45) is 0 Å². The van der Waals surface area contributed by atoms with E-state index in [0.29, 0.717) is 6.42 Å². The van der Waals surface area contributed by atoms with Crippen LogP contribution in [0.25, 0.3) is 0 Å². The summed E-state index contributed by atoms with van der Waals surface area (Å²) in [6.45, 7) is 2.00. The van der Waals surface area contributed by atoms with Crippen molar-refractivity contribution in [3.05, 3.63) is 30.1 Å². The van der Waals surface area contributed by atoms with Crippen LogP contribution in [0.15, 0.2) is 24.5 Å². The zero-order chi connectivity index (χ0) is 8.10. The number of H-pyrrole nitrogens is 1. The van der Waals surface area contributed by atoms with Crippen LogP contribution in [0.4, 0.5) is 0 Å². The summed E-state index contributed by atoms with van der Waals surface area (Å²) >= 11 is 0. The summed E-state index contributed by atoms with van der Waals surface area (Å²) < 4.78 is 0. The van der Waals surface area contributed by atoms with Gasteiger partial charge in [0.05, 0.1) is 5.56 Å². The van der Waals surface area contributed by atoms with E-state index in [-0.39, 0.29) is 5.78 Å². The van der Waals surface area contributed by atoms with Crippen LogP contribution in [0.3, 0.4) is 0 Å². The number of aromatic amines is 1. The molecule has 0 unspecified atom stereocenters. The SMILES string of the molecule is CCCC(=O)c1ccc[nH+]c1. The summed E-state index contributed by atoms with van der Waals surface area (Å²) in [6, 6.07) is 3.66. The summed E-state index contributed by atoms with van der Waals surface area (Å²) in [5.41, 5.74) is 0.773. The molecule has 1 aromatic rings. The Kier molecular flexibility index (Phi) is 2.78. The average Bonchev–Trinajstić information content (AvgIpc) is 2.07. The molecule has 2 heteroatoms. The third kappa shape index (κ3) is 2.15. The third-order valence-electron chi connectivity index (χ3n) is 1.51. The molecule has 0 saturated carbocycles. The van der Waals surface area contributed by atoms with E-state index < -0.39 is 0 Å². The van der Waals surface area contributed by atoms with Gasteiger partial charge in [-0.25, -0.2) is 4.98 Å². The predicted octanol–water partition coefficient (Wildman–Crippen LogP) is 1.48. The maximum Gasteiger partial charge on any atom is 0.177 e. The van der Waals surface area contributed by atoms with Gasteiger partial charge in [0.25, 0.3) is 0 Å². The van der Waals surface area contributed by atoms with Crippen LogP contribution in [0.2, 0.25) is 0 Å². The molecular weight excluding hydrogens is 138 g/mol. The summed E-state index contributed by atoms with van der Waals surface area (Å²) in [4.78, 5) is 14.1. The van der Waals surface area contributed by atoms with Crippen LogP contribution in [-0.4, -0.2) is 5.78 Å². The van der Waals surface area contributed by atoms with Crippen molar-refractivity contribution in [1.82, 2.24) is 0 Å². The second-order valence-corrected chi connectivity index (χ2v) is 2.47. The maximum atomic E-state index is 11.2. The Labute approximate surface area is 66.3 Å². The van der Waals surface area contributed by atoms with Crippen LogP contribution in [0, 0.1) is 0 Å². The monoisotopic (exact) mass is 150 g/mol. The number of Topliss-reactive ketones (excluding diaryl/α,β-unsaturated/α-hetero) is 1. The van der Waals surface area contributed by atoms with Crippen LogP contribution in [-0.2, 0) is 0 Å². The van der Waals surface area contributed by atoms with Crippen molar-refractivity contribution in [2.75, 3.05) is 0 Å². The molecule has 0 amide bonds. The molecule has 0 spiro atoms. The van der Waals surface area contributed by atoms with Gasteiger partial charge in [-0.05, 0) is 12.5 Å². The maximum absolute atomic E-state index is 11.2. The second-order valence-electron chi connectivity index (χ2n) is 2.47. The first kappa shape index (κ1) is 7.92. The molecular formula is C9H12NO+. The molecule has 0 aromatic carbocycles. The fourth-order valence-corrected chi connectivity index (χ4v) is 0.938. The lowest BCUT2D eigenvalue weighted by Gasteiger charge is -1.92. The molecule has 1 N–H and O–H groups in total. The van der Waals surface area contributed by atoms with Gasteiger partial charge in [0, 0.05) is 12.5 Å². The summed E-state index contributed by atoms with van der Waals surface area (Å²) in [7, 11) is 0. The highest BCUT2D eigenvalue weighted by atomic mass is 16.1. The smallest absolute Gasteiger partial charge is 0.177 e. The molecule has 1 heterocycles. The largest absolute Gasteiger partial charge is 0.294 e. The van der Waals surface area contributed by atoms with E-state index >= 15 is 0 Å². The molecule has 0 aliphatic carbocycles. The molecule has 2 nitrogen and oxygen atoms in total. The van der Waals surface area contributed by atoms with Gasteiger partial charge in [0.1, 0.15) is 0 Å². The number of carbonyl (C=O) groups excluding carboxylic acids is 1. The Bertz CT molecular complexity index is 231. The van der Waals surface area contributed by atoms with E-state index in [1.807, 2.05) is 19.1 Å². The fraction of sp³-hybridized carbons (Fsp3) is 0.333. The molecule has 1 aromatic heterocycles. The molecule has 11 heavy (non-hydrogen) atoms. The molecule has 0 aliphatic heterocycles. The highest BCUT2D eigenvalue weighted by molar-refractivity contribution is 5.95. The number of nitrogens with one attached hydrogen (secondary N) is 1. The number of carbonyl (C=O) groups is 1. The molecule has 0 saturated heterocycles. The number of ketones is 1. The first-order valence-electron chi connectivity index (χ1n) is 3.84. The van der Waals surface area contributed by atoms with E-state index in [0.717, 1.165) is 12.0 Å². The van der Waals surface area contributed by atoms with Gasteiger partial charge in [0.2, 0.25) is 0 Å². The zero-order valence-electron chi connectivity index (χ0n) is 6.63. The van der Waals surface area contributed by atoms with E-state index in [4.69, 9.17) is 0 Å². The number of aromatic nitrogens is 1. The first-order chi connectivity index (χ1) is 5.34. The third-order valence-corrected chi connectivity index (χ3v) is 1.51. The molecule has 0 radical (unpaired) electrons. The number of pyridine rings is 1. The van der Waals surface area contributed by atoms with Gasteiger partial charge in [-0.15, -0.1) is 0 Å². The molecule has 0 aliphatic rings. The topological polar surface area (TPSA) is 31.2 Å². The molecule has 0 fully saturated rings. The summed E-state index contributed by atoms with van der Waals surface area (Å²) in [5, 5.41) is 0. The lowest BCUT2D eigenvalue weighted by molar-refractivity contribution is -0.378. The van der Waals surface area contributed by atoms with Gasteiger partial charge in [-0.1, -0.05) is 6.92 Å². The van der Waals surface area contributed by atoms with Crippen molar-refractivity contribution in [3.8, 4) is 0 Å². The van der Waals surface area contributed by atoms with Gasteiger partial charge in [-0.2, -0.15) is 0 Å². The highest BCUT2D eigenvalue weighted by Gasteiger charge is 2.04. The first-order valence-corrected chi connectivity index (χ1v) is 3.84. The predicted molar refractivity (Wildman–Crippen MR) is 42.2 cm³/mol. The highest BCUT2D eigenvalue weighted by Crippen LogP contribution is 2.00. The van der Waals surface area contributed by atoms with Crippen molar-refractivity contribution in [1.29, 1.82) is 0 Å². The zero-order valence-corrected chi connectivity index (χ0v) is 6.63. The molecule has 1 rings (SSSR count). The van der Waals surface area contributed by atoms with E-state index in [9.17, 15) is 4.79 Å². The Morgan fingerprint density at radius 2 is 2.45 bits per heavy atom. The van der Waals surface area contributed by atoms with Gasteiger partial charge in [0.15, 0.2) is 18.2 Å². The normalized spacial score (nSPS) is 9.55. The lowest BCUT2D eigenvalue weighted by atomic mass is 10.1. The van der Waals surface area contributed by atoms with E-state index in [2.05, 4.69) is 4.98 Å². The lowest BCUT2D eigenvalue weighted by Crippen LogP contribution is -2.05. The molecule has 0 atom stereocenters. The summed E-state index contributed by atoms with van der Waals surface area (Å²) in [5.74, 6) is 0.212. The van der Waals surface area contributed by atoms with Crippen LogP contribution >= 0.6 is 0 Å². The Hall–Kier alpha value is -1.18. The number of rotatable bonds is 3. The number of hydrogen-bond acceptors (Lipinski definition) is 1. The minimum absolute atomic E-state index is 0.212. The fourth-order valence-electron chi connectivity index (χ4n) is 0.938. The molecule has 58 valence electrons. The van der Waals surface area contributed by atoms with Gasteiger partial charge in [-0.3, -0.25) is 4.79 Å². The minimum Gasteiger partial charge on any atom is -0.294 e. The Morgan fingerprint density at radius 3 is 3.00 bits per heavy atom.